The van der Waals surface area contributed by atoms with Gasteiger partial charge in [-0.2, -0.15) is 0 Å². The molecule has 0 aliphatic carbocycles. The molecule has 1 amide bonds. The van der Waals surface area contributed by atoms with Crippen molar-refractivity contribution in [1.29, 1.82) is 0 Å². The Bertz CT molecular complexity index is 408. The van der Waals surface area contributed by atoms with Gasteiger partial charge < -0.3 is 15.5 Å². The zero-order chi connectivity index (χ0) is 13.5. The molecule has 0 aliphatic heterocycles. The fourth-order valence-electron chi connectivity index (χ4n) is 1.46. The van der Waals surface area contributed by atoms with Crippen LogP contribution in [0.25, 0.3) is 0 Å². The number of hydrogen-bond donors (Lipinski definition) is 3. The average Bonchev–Trinajstić information content (AvgIpc) is 2.36. The zero-order valence-electron chi connectivity index (χ0n) is 10.0. The van der Waals surface area contributed by atoms with Gasteiger partial charge in [-0.15, -0.1) is 0 Å². The van der Waals surface area contributed by atoms with Gasteiger partial charge in [0.2, 0.25) is 5.91 Å². The van der Waals surface area contributed by atoms with Crippen molar-refractivity contribution >= 4 is 11.9 Å². The largest absolute Gasteiger partial charge is 0.480 e. The van der Waals surface area contributed by atoms with E-state index in [9.17, 15) is 9.59 Å². The molecule has 1 aromatic heterocycles. The minimum Gasteiger partial charge on any atom is -0.480 e. The number of hydrogen-bond acceptors (Lipinski definition) is 4. The molecule has 0 saturated heterocycles. The number of rotatable bonds is 6. The number of carboxylic acids is 1. The first-order valence-corrected chi connectivity index (χ1v) is 5.57. The number of aliphatic hydroxyl groups excluding tert-OH is 1. The van der Waals surface area contributed by atoms with Crippen molar-refractivity contribution in [2.45, 2.75) is 19.4 Å². The molecule has 0 spiro atoms. The molecule has 0 aromatic carbocycles. The van der Waals surface area contributed by atoms with Gasteiger partial charge in [-0.25, -0.2) is 4.79 Å². The predicted molar refractivity (Wildman–Crippen MR) is 63.8 cm³/mol. The second-order valence-corrected chi connectivity index (χ2v) is 4.05. The lowest BCUT2D eigenvalue weighted by molar-refractivity contribution is -0.143. The van der Waals surface area contributed by atoms with Crippen LogP contribution in [-0.4, -0.2) is 39.7 Å². The number of nitrogens with zero attached hydrogens (tertiary/aromatic N) is 1. The molecule has 2 atom stereocenters. The molecule has 0 fully saturated rings. The van der Waals surface area contributed by atoms with Crippen LogP contribution in [0.2, 0.25) is 0 Å². The van der Waals surface area contributed by atoms with E-state index in [0.29, 0.717) is 6.42 Å². The third-order valence-corrected chi connectivity index (χ3v) is 2.51. The minimum atomic E-state index is -1.26. The van der Waals surface area contributed by atoms with E-state index in [-0.39, 0.29) is 5.92 Å². The van der Waals surface area contributed by atoms with Crippen LogP contribution in [0.1, 0.15) is 12.5 Å². The van der Waals surface area contributed by atoms with E-state index < -0.39 is 24.5 Å². The minimum absolute atomic E-state index is 0.386. The summed E-state index contributed by atoms with van der Waals surface area (Å²) in [6.07, 6.45) is 3.77. The van der Waals surface area contributed by atoms with Gasteiger partial charge in [0.05, 0.1) is 6.61 Å². The quantitative estimate of drug-likeness (QED) is 0.652. The number of nitrogens with one attached hydrogen (secondary N) is 1. The predicted octanol–water partition coefficient (Wildman–Crippen LogP) is -0.178. The molecule has 0 radical (unpaired) electrons. The highest BCUT2D eigenvalue weighted by atomic mass is 16.4. The zero-order valence-corrected chi connectivity index (χ0v) is 10.0. The lowest BCUT2D eigenvalue weighted by Crippen LogP contribution is -2.45. The first-order valence-electron chi connectivity index (χ1n) is 5.57. The molecular weight excluding hydrogens is 236 g/mol. The van der Waals surface area contributed by atoms with Gasteiger partial charge in [-0.1, -0.05) is 13.0 Å². The summed E-state index contributed by atoms with van der Waals surface area (Å²) in [7, 11) is 0. The molecule has 1 aromatic rings. The highest BCUT2D eigenvalue weighted by Gasteiger charge is 2.22. The van der Waals surface area contributed by atoms with Crippen LogP contribution in [0.5, 0.6) is 0 Å². The number of pyridine rings is 1. The van der Waals surface area contributed by atoms with Crippen LogP contribution < -0.4 is 5.32 Å². The molecule has 98 valence electrons. The van der Waals surface area contributed by atoms with Gasteiger partial charge in [0, 0.05) is 18.3 Å². The van der Waals surface area contributed by atoms with E-state index in [0.717, 1.165) is 5.56 Å². The highest BCUT2D eigenvalue weighted by molar-refractivity contribution is 5.84. The second kappa shape index (κ2) is 6.70. The van der Waals surface area contributed by atoms with E-state index in [1.807, 2.05) is 6.07 Å². The Morgan fingerprint density at radius 3 is 2.72 bits per heavy atom. The van der Waals surface area contributed by atoms with Crippen LogP contribution in [0, 0.1) is 5.92 Å². The van der Waals surface area contributed by atoms with E-state index in [1.165, 1.54) is 0 Å². The van der Waals surface area contributed by atoms with E-state index in [2.05, 4.69) is 10.3 Å². The van der Waals surface area contributed by atoms with Crippen molar-refractivity contribution in [2.24, 2.45) is 5.92 Å². The summed E-state index contributed by atoms with van der Waals surface area (Å²) in [6.45, 7) is 1.07. The smallest absolute Gasteiger partial charge is 0.328 e. The first-order chi connectivity index (χ1) is 8.54. The van der Waals surface area contributed by atoms with Crippen molar-refractivity contribution in [2.75, 3.05) is 6.61 Å². The summed E-state index contributed by atoms with van der Waals surface area (Å²) in [5.41, 5.74) is 0.899. The Morgan fingerprint density at radius 2 is 2.22 bits per heavy atom. The highest BCUT2D eigenvalue weighted by Crippen LogP contribution is 2.07. The fourth-order valence-corrected chi connectivity index (χ4v) is 1.46. The Morgan fingerprint density at radius 1 is 1.50 bits per heavy atom. The summed E-state index contributed by atoms with van der Waals surface area (Å²) < 4.78 is 0. The first kappa shape index (κ1) is 14.1. The fraction of sp³-hybridized carbons (Fsp3) is 0.417. The molecule has 18 heavy (non-hydrogen) atoms. The standard InChI is InChI=1S/C12H16N2O4/c1-8(5-9-3-2-4-13-6-9)11(16)14-10(7-15)12(17)18/h2-4,6,8,10,15H,5,7H2,1H3,(H,14,16)(H,17,18)/t8-,10-/m0/s1. The Labute approximate surface area is 105 Å². The van der Waals surface area contributed by atoms with Crippen LogP contribution in [0.3, 0.4) is 0 Å². The van der Waals surface area contributed by atoms with E-state index in [1.54, 1.807) is 25.4 Å². The van der Waals surface area contributed by atoms with Crippen molar-refractivity contribution in [1.82, 2.24) is 10.3 Å². The number of aliphatic hydroxyl groups is 1. The van der Waals surface area contributed by atoms with Gasteiger partial charge in [-0.3, -0.25) is 9.78 Å². The third-order valence-electron chi connectivity index (χ3n) is 2.51. The van der Waals surface area contributed by atoms with Gasteiger partial charge in [-0.05, 0) is 18.1 Å². The maximum absolute atomic E-state index is 11.7. The van der Waals surface area contributed by atoms with Gasteiger partial charge in [0.25, 0.3) is 0 Å². The molecule has 3 N–H and O–H groups in total. The summed E-state index contributed by atoms with van der Waals surface area (Å²) in [5.74, 6) is -2.04. The molecule has 6 nitrogen and oxygen atoms in total. The molecule has 6 heteroatoms. The molecule has 0 aliphatic rings. The van der Waals surface area contributed by atoms with Crippen LogP contribution >= 0.6 is 0 Å². The van der Waals surface area contributed by atoms with Gasteiger partial charge >= 0.3 is 5.97 Å². The summed E-state index contributed by atoms with van der Waals surface area (Å²) in [6, 6.07) is 2.36. The van der Waals surface area contributed by atoms with Crippen molar-refractivity contribution in [3.05, 3.63) is 30.1 Å². The van der Waals surface area contributed by atoms with Gasteiger partial charge in [0.15, 0.2) is 0 Å². The van der Waals surface area contributed by atoms with Crippen LogP contribution in [-0.2, 0) is 16.0 Å². The number of carboxylic acid groups (broad SMARTS) is 1. The average molecular weight is 252 g/mol. The maximum atomic E-state index is 11.7. The Balaban J connectivity index is 2.54. The molecular formula is C12H16N2O4. The molecule has 1 heterocycles. The van der Waals surface area contributed by atoms with Crippen LogP contribution in [0.4, 0.5) is 0 Å². The van der Waals surface area contributed by atoms with Crippen LogP contribution in [0.15, 0.2) is 24.5 Å². The van der Waals surface area contributed by atoms with E-state index in [4.69, 9.17) is 10.2 Å². The normalized spacial score (nSPS) is 13.7. The topological polar surface area (TPSA) is 99.5 Å². The Kier molecular flexibility index (Phi) is 5.26. The van der Waals surface area contributed by atoms with Crippen molar-refractivity contribution < 1.29 is 19.8 Å². The lowest BCUT2D eigenvalue weighted by Gasteiger charge is -2.16. The number of carbonyl (C=O) groups is 2. The molecule has 1 rings (SSSR count). The lowest BCUT2D eigenvalue weighted by atomic mass is 10.0. The summed E-state index contributed by atoms with van der Waals surface area (Å²) in [5, 5.41) is 19.8. The number of aliphatic carboxylic acids is 1. The molecule has 0 bridgehead atoms. The monoisotopic (exact) mass is 252 g/mol. The van der Waals surface area contributed by atoms with E-state index >= 15 is 0 Å². The maximum Gasteiger partial charge on any atom is 0.328 e. The van der Waals surface area contributed by atoms with Gasteiger partial charge in [0.1, 0.15) is 6.04 Å². The number of amides is 1. The Hall–Kier alpha value is -1.95. The number of aromatic nitrogens is 1. The number of carbonyl (C=O) groups excluding carboxylic acids is 1. The summed E-state index contributed by atoms with van der Waals surface area (Å²) in [4.78, 5) is 26.3. The molecule has 0 saturated carbocycles. The molecule has 0 unspecified atom stereocenters. The van der Waals surface area contributed by atoms with Crippen molar-refractivity contribution in [3.8, 4) is 0 Å². The SMILES string of the molecule is C[C@@H](Cc1cccnc1)C(=O)N[C@@H](CO)C(=O)O. The second-order valence-electron chi connectivity index (χ2n) is 4.05. The third kappa shape index (κ3) is 4.14. The van der Waals surface area contributed by atoms with Crippen molar-refractivity contribution in [3.63, 3.8) is 0 Å². The summed E-state index contributed by atoms with van der Waals surface area (Å²) >= 11 is 0.